The number of hydrogen-bond donors (Lipinski definition) is 0. The van der Waals surface area contributed by atoms with E-state index in [0.717, 1.165) is 16.8 Å². The predicted octanol–water partition coefficient (Wildman–Crippen LogP) is 5.55. The van der Waals surface area contributed by atoms with Gasteiger partial charge in [-0.25, -0.2) is 4.68 Å². The zero-order valence-electron chi connectivity index (χ0n) is 15.3. The lowest BCUT2D eigenvalue weighted by molar-refractivity contribution is -0.387. The Morgan fingerprint density at radius 2 is 1.31 bits per heavy atom. The minimum atomic E-state index is -4.71. The van der Waals surface area contributed by atoms with Gasteiger partial charge in [0.05, 0.1) is 21.0 Å². The molecule has 0 aliphatic rings. The highest BCUT2D eigenvalue weighted by Crippen LogP contribution is 2.34. The van der Waals surface area contributed by atoms with Crippen LogP contribution in [0.25, 0.3) is 5.69 Å². The fraction of sp³-hybridized carbons (Fsp3) is 0.118. The molecule has 1 heterocycles. The second kappa shape index (κ2) is 8.99. The van der Waals surface area contributed by atoms with Crippen LogP contribution in [-0.4, -0.2) is 19.6 Å². The molecule has 170 valence electrons. The minimum absolute atomic E-state index is 0.0157. The van der Waals surface area contributed by atoms with E-state index in [4.69, 9.17) is 0 Å². The van der Waals surface area contributed by atoms with Crippen molar-refractivity contribution in [2.24, 2.45) is 0 Å². The van der Waals surface area contributed by atoms with Crippen molar-refractivity contribution in [1.29, 1.82) is 0 Å². The Morgan fingerprint density at radius 3 is 1.75 bits per heavy atom. The molecule has 0 amide bonds. The Morgan fingerprint density at radius 1 is 0.812 bits per heavy atom. The number of hydrogen-bond acceptors (Lipinski definition) is 5. The van der Waals surface area contributed by atoms with Gasteiger partial charge in [0.1, 0.15) is 5.69 Å². The second-order valence-corrected chi connectivity index (χ2v) is 5.83. The molecule has 3 rings (SSSR count). The summed E-state index contributed by atoms with van der Waals surface area (Å²) in [6.07, 6.45) is -6.54. The average molecular weight is 466 g/mol. The van der Waals surface area contributed by atoms with Crippen LogP contribution in [0, 0.1) is 26.0 Å². The van der Waals surface area contributed by atoms with E-state index in [9.17, 15) is 51.0 Å². The van der Waals surface area contributed by atoms with Crippen LogP contribution in [0.1, 0.15) is 11.1 Å². The molecule has 0 aliphatic heterocycles. The van der Waals surface area contributed by atoms with Gasteiger partial charge in [-0.05, 0) is 30.3 Å². The minimum Gasteiger partial charge on any atom is -0.258 e. The van der Waals surface area contributed by atoms with Crippen molar-refractivity contribution >= 4 is 11.4 Å². The molecule has 15 heteroatoms. The molecule has 0 fully saturated rings. The largest absolute Gasteiger partial charge is 0.416 e. The highest BCUT2D eigenvalue weighted by Gasteiger charge is 2.34. The highest BCUT2D eigenvalue weighted by atomic mass is 19.4. The molecule has 8 nitrogen and oxygen atoms in total. The quantitative estimate of drug-likeness (QED) is 0.286. The van der Waals surface area contributed by atoms with Gasteiger partial charge in [-0.3, -0.25) is 20.2 Å². The average Bonchev–Trinajstić information content (AvgIpc) is 3.21. The van der Waals surface area contributed by atoms with Crippen molar-refractivity contribution in [2.45, 2.75) is 12.4 Å². The number of aromatic nitrogens is 2. The van der Waals surface area contributed by atoms with Crippen LogP contribution < -0.4 is 0 Å². The molecule has 0 saturated carbocycles. The van der Waals surface area contributed by atoms with Gasteiger partial charge in [0, 0.05) is 24.5 Å². The van der Waals surface area contributed by atoms with Gasteiger partial charge in [0.25, 0.3) is 5.69 Å². The number of nitro groups is 2. The fourth-order valence-corrected chi connectivity index (χ4v) is 2.28. The molecule has 0 unspecified atom stereocenters. The summed E-state index contributed by atoms with van der Waals surface area (Å²) < 4.78 is 87.2. The van der Waals surface area contributed by atoms with E-state index in [-0.39, 0.29) is 11.8 Å². The molecular weight excluding hydrogens is 457 g/mol. The zero-order valence-corrected chi connectivity index (χ0v) is 15.3. The lowest BCUT2D eigenvalue weighted by Crippen LogP contribution is -2.08. The van der Waals surface area contributed by atoms with Gasteiger partial charge in [0.2, 0.25) is 5.82 Å². The van der Waals surface area contributed by atoms with Gasteiger partial charge in [-0.1, -0.05) is 0 Å². The topological polar surface area (TPSA) is 104 Å². The van der Waals surface area contributed by atoms with Crippen molar-refractivity contribution in [3.05, 3.63) is 92.0 Å². The van der Waals surface area contributed by atoms with Crippen molar-refractivity contribution in [2.75, 3.05) is 0 Å². The van der Waals surface area contributed by atoms with E-state index < -0.39 is 50.5 Å². The monoisotopic (exact) mass is 466 g/mol. The van der Waals surface area contributed by atoms with Crippen molar-refractivity contribution in [1.82, 2.24) is 9.78 Å². The van der Waals surface area contributed by atoms with Crippen LogP contribution in [-0.2, 0) is 12.4 Å². The van der Waals surface area contributed by atoms with E-state index in [1.807, 2.05) is 0 Å². The Labute approximate surface area is 172 Å². The summed E-state index contributed by atoms with van der Waals surface area (Å²) in [5, 5.41) is 24.6. The number of nitrogens with zero attached hydrogens (tertiary/aromatic N) is 4. The maximum Gasteiger partial charge on any atom is 0.416 e. The first-order valence-electron chi connectivity index (χ1n) is 8.08. The summed E-state index contributed by atoms with van der Waals surface area (Å²) in [6.45, 7) is 0. The molecule has 0 radical (unpaired) electrons. The first-order valence-corrected chi connectivity index (χ1v) is 8.08. The zero-order chi connectivity index (χ0) is 24.3. The molecular formula is C17H9F7N4O4. The van der Waals surface area contributed by atoms with Crippen LogP contribution in [0.2, 0.25) is 0 Å². The van der Waals surface area contributed by atoms with E-state index >= 15 is 0 Å². The Hall–Kier alpha value is -4.04. The van der Waals surface area contributed by atoms with Gasteiger partial charge < -0.3 is 0 Å². The maximum atomic E-state index is 12.6. The number of alkyl halides is 6. The van der Waals surface area contributed by atoms with Crippen LogP contribution in [0.4, 0.5) is 42.1 Å². The van der Waals surface area contributed by atoms with Gasteiger partial charge in [-0.15, -0.1) is 0 Å². The lowest BCUT2D eigenvalue weighted by Gasteiger charge is -2.08. The molecule has 32 heavy (non-hydrogen) atoms. The van der Waals surface area contributed by atoms with Gasteiger partial charge >= 0.3 is 18.0 Å². The molecule has 0 N–H and O–H groups in total. The predicted molar refractivity (Wildman–Crippen MR) is 93.3 cm³/mol. The third-order valence-electron chi connectivity index (χ3n) is 3.72. The molecule has 1 aromatic heterocycles. The molecule has 0 aliphatic carbocycles. The number of halogens is 7. The SMILES string of the molecule is O=[N+]([O-])c1cc(C(F)(F)F)ccc1-n1cccn1.O=[N+]([O-])c1cc(C(F)(F)F)ccc1F. The smallest absolute Gasteiger partial charge is 0.258 e. The summed E-state index contributed by atoms with van der Waals surface area (Å²) in [5.41, 5.74) is -4.15. The Bertz CT molecular complexity index is 1130. The van der Waals surface area contributed by atoms with Crippen molar-refractivity contribution in [3.8, 4) is 5.69 Å². The van der Waals surface area contributed by atoms with E-state index in [2.05, 4.69) is 5.10 Å². The van der Waals surface area contributed by atoms with Gasteiger partial charge in [-0.2, -0.15) is 35.8 Å². The first kappa shape index (κ1) is 24.2. The van der Waals surface area contributed by atoms with Crippen molar-refractivity contribution in [3.63, 3.8) is 0 Å². The van der Waals surface area contributed by atoms with Crippen molar-refractivity contribution < 1.29 is 40.6 Å². The highest BCUT2D eigenvalue weighted by molar-refractivity contribution is 5.54. The number of rotatable bonds is 3. The van der Waals surface area contributed by atoms with Crippen LogP contribution in [0.3, 0.4) is 0 Å². The number of benzene rings is 2. The summed E-state index contributed by atoms with van der Waals surface area (Å²) in [7, 11) is 0. The van der Waals surface area contributed by atoms with E-state index in [1.54, 1.807) is 0 Å². The normalized spacial score (nSPS) is 11.5. The third kappa shape index (κ3) is 5.77. The molecule has 0 bridgehead atoms. The summed E-state index contributed by atoms with van der Waals surface area (Å²) >= 11 is 0. The van der Waals surface area contributed by atoms with E-state index in [0.29, 0.717) is 18.2 Å². The molecule has 3 aromatic rings. The number of nitro benzene ring substituents is 2. The second-order valence-electron chi connectivity index (χ2n) is 5.83. The summed E-state index contributed by atoms with van der Waals surface area (Å²) in [5.74, 6) is -1.29. The molecule has 0 saturated heterocycles. The van der Waals surface area contributed by atoms with Crippen LogP contribution >= 0.6 is 0 Å². The van der Waals surface area contributed by atoms with Crippen LogP contribution in [0.15, 0.2) is 54.9 Å². The van der Waals surface area contributed by atoms with E-state index in [1.165, 1.54) is 18.5 Å². The van der Waals surface area contributed by atoms with Crippen LogP contribution in [0.5, 0.6) is 0 Å². The summed E-state index contributed by atoms with van der Waals surface area (Å²) in [6, 6.07) is 4.84. The fourth-order valence-electron chi connectivity index (χ4n) is 2.28. The standard InChI is InChI=1S/C10H6F3N3O2.C7H3F4NO2/c11-10(12,13)7-2-3-8(9(6-7)16(17)18)15-5-1-4-14-15;8-5-2-1-4(7(9,10)11)3-6(5)12(13)14/h1-6H;1-3H. The first-order chi connectivity index (χ1) is 14.7. The molecule has 0 spiro atoms. The third-order valence-corrected chi connectivity index (χ3v) is 3.72. The summed E-state index contributed by atoms with van der Waals surface area (Å²) in [4.78, 5) is 18.8. The Kier molecular flexibility index (Phi) is 6.81. The molecule has 2 aromatic carbocycles. The van der Waals surface area contributed by atoms with Gasteiger partial charge in [0.15, 0.2) is 0 Å². The Balaban J connectivity index is 0.000000235. The lowest BCUT2D eigenvalue weighted by atomic mass is 10.1. The molecule has 0 atom stereocenters. The maximum absolute atomic E-state index is 12.6.